The average molecular weight is 418 g/mol. The molecule has 0 aliphatic rings. The molecule has 0 aromatic heterocycles. The van der Waals surface area contributed by atoms with E-state index in [9.17, 15) is 9.18 Å². The minimum absolute atomic E-state index is 0.183. The van der Waals surface area contributed by atoms with Gasteiger partial charge in [0.05, 0.1) is 0 Å². The third-order valence-corrected chi connectivity index (χ3v) is 5.62. The second-order valence-electron chi connectivity index (χ2n) is 6.28. The smallest absolute Gasteiger partial charge is 0.260 e. The number of hydrogen-bond acceptors (Lipinski definition) is 3. The fourth-order valence-corrected chi connectivity index (χ4v) is 3.97. The Balaban J connectivity index is 1.46. The van der Waals surface area contributed by atoms with Crippen LogP contribution >= 0.6 is 23.4 Å². The number of ether oxygens (including phenoxy) is 1. The third-order valence-electron chi connectivity index (χ3n) is 4.28. The number of nitrogens with one attached hydrogen (secondary N) is 1. The van der Waals surface area contributed by atoms with E-state index in [2.05, 4.69) is 5.32 Å². The van der Waals surface area contributed by atoms with Gasteiger partial charge in [-0.3, -0.25) is 4.79 Å². The van der Waals surface area contributed by atoms with Crippen LogP contribution in [0.25, 0.3) is 10.8 Å². The van der Waals surface area contributed by atoms with Crippen molar-refractivity contribution in [2.24, 2.45) is 0 Å². The molecule has 0 spiro atoms. The Hall–Kier alpha value is -2.24. The molecule has 0 radical (unpaired) electrons. The molecule has 0 heterocycles. The maximum absolute atomic E-state index is 13.7. The summed E-state index contributed by atoms with van der Waals surface area (Å²) in [6.07, 6.45) is -0.614. The Kier molecular flexibility index (Phi) is 7.18. The minimum Gasteiger partial charge on any atom is -0.480 e. The molecule has 146 valence electrons. The predicted molar refractivity (Wildman–Crippen MR) is 115 cm³/mol. The van der Waals surface area contributed by atoms with Crippen LogP contribution in [0.3, 0.4) is 0 Å². The van der Waals surface area contributed by atoms with Crippen molar-refractivity contribution in [3.8, 4) is 5.75 Å². The summed E-state index contributed by atoms with van der Waals surface area (Å²) in [7, 11) is 0. The topological polar surface area (TPSA) is 38.3 Å². The molecule has 0 fully saturated rings. The van der Waals surface area contributed by atoms with Gasteiger partial charge in [-0.1, -0.05) is 54.1 Å². The summed E-state index contributed by atoms with van der Waals surface area (Å²) in [5.74, 6) is 1.31. The largest absolute Gasteiger partial charge is 0.480 e. The number of benzene rings is 3. The maximum Gasteiger partial charge on any atom is 0.260 e. The highest BCUT2D eigenvalue weighted by atomic mass is 35.5. The monoisotopic (exact) mass is 417 g/mol. The van der Waals surface area contributed by atoms with Gasteiger partial charge in [0.1, 0.15) is 11.6 Å². The molecule has 0 saturated carbocycles. The highest BCUT2D eigenvalue weighted by Crippen LogP contribution is 2.26. The molecule has 1 N–H and O–H groups in total. The molecule has 1 atom stereocenters. The molecule has 1 unspecified atom stereocenters. The first kappa shape index (κ1) is 20.5. The number of fused-ring (bicyclic) bond motifs is 1. The van der Waals surface area contributed by atoms with Gasteiger partial charge >= 0.3 is 0 Å². The number of carbonyl (C=O) groups is 1. The molecule has 0 aliphatic carbocycles. The van der Waals surface area contributed by atoms with E-state index in [4.69, 9.17) is 16.3 Å². The second-order valence-corrected chi connectivity index (χ2v) is 7.79. The lowest BCUT2D eigenvalue weighted by Gasteiger charge is -2.16. The van der Waals surface area contributed by atoms with Gasteiger partial charge in [-0.15, -0.1) is 0 Å². The van der Waals surface area contributed by atoms with E-state index in [1.165, 1.54) is 17.8 Å². The number of amides is 1. The highest BCUT2D eigenvalue weighted by molar-refractivity contribution is 7.98. The normalized spacial score (nSPS) is 12.0. The Morgan fingerprint density at radius 2 is 1.89 bits per heavy atom. The van der Waals surface area contributed by atoms with Crippen LogP contribution < -0.4 is 10.1 Å². The number of halogens is 2. The molecule has 3 aromatic rings. The van der Waals surface area contributed by atoms with Crippen LogP contribution in [-0.2, 0) is 10.5 Å². The van der Waals surface area contributed by atoms with Crippen molar-refractivity contribution in [3.63, 3.8) is 0 Å². The van der Waals surface area contributed by atoms with Crippen LogP contribution in [0.4, 0.5) is 4.39 Å². The predicted octanol–water partition coefficient (Wildman–Crippen LogP) is 5.45. The van der Waals surface area contributed by atoms with Crippen molar-refractivity contribution in [1.82, 2.24) is 5.32 Å². The van der Waals surface area contributed by atoms with Gasteiger partial charge in [0, 0.05) is 34.0 Å². The molecule has 28 heavy (non-hydrogen) atoms. The molecule has 0 bridgehead atoms. The molecule has 6 heteroatoms. The van der Waals surface area contributed by atoms with E-state index in [0.29, 0.717) is 34.4 Å². The number of thioether (sulfide) groups is 1. The van der Waals surface area contributed by atoms with Crippen molar-refractivity contribution in [3.05, 3.63) is 77.1 Å². The Morgan fingerprint density at radius 1 is 1.14 bits per heavy atom. The van der Waals surface area contributed by atoms with Gasteiger partial charge in [0.25, 0.3) is 5.91 Å². The zero-order valence-electron chi connectivity index (χ0n) is 15.5. The van der Waals surface area contributed by atoms with E-state index < -0.39 is 6.10 Å². The fourth-order valence-electron chi connectivity index (χ4n) is 2.78. The van der Waals surface area contributed by atoms with Crippen LogP contribution in [0.15, 0.2) is 60.7 Å². The molecule has 3 aromatic carbocycles. The van der Waals surface area contributed by atoms with Crippen LogP contribution in [0.1, 0.15) is 12.5 Å². The van der Waals surface area contributed by atoms with E-state index >= 15 is 0 Å². The summed E-state index contributed by atoms with van der Waals surface area (Å²) in [6.45, 7) is 2.20. The summed E-state index contributed by atoms with van der Waals surface area (Å²) in [6, 6.07) is 18.3. The minimum atomic E-state index is -0.614. The first-order chi connectivity index (χ1) is 13.6. The molecule has 1 amide bonds. The molecule has 3 nitrogen and oxygen atoms in total. The van der Waals surface area contributed by atoms with Crippen molar-refractivity contribution in [1.29, 1.82) is 0 Å². The van der Waals surface area contributed by atoms with Gasteiger partial charge in [0.2, 0.25) is 0 Å². The van der Waals surface area contributed by atoms with Crippen LogP contribution in [-0.4, -0.2) is 24.3 Å². The summed E-state index contributed by atoms with van der Waals surface area (Å²) >= 11 is 7.53. The Labute approximate surface area is 173 Å². The summed E-state index contributed by atoms with van der Waals surface area (Å²) < 4.78 is 19.6. The van der Waals surface area contributed by atoms with E-state index in [-0.39, 0.29) is 11.7 Å². The fraction of sp³-hybridized carbons (Fsp3) is 0.227. The van der Waals surface area contributed by atoms with Crippen molar-refractivity contribution >= 4 is 40.0 Å². The Morgan fingerprint density at radius 3 is 2.71 bits per heavy atom. The van der Waals surface area contributed by atoms with E-state index in [0.717, 1.165) is 10.8 Å². The zero-order valence-corrected chi connectivity index (χ0v) is 17.0. The maximum atomic E-state index is 13.7. The van der Waals surface area contributed by atoms with Gasteiger partial charge in [-0.2, -0.15) is 11.8 Å². The summed E-state index contributed by atoms with van der Waals surface area (Å²) in [5, 5.41) is 5.32. The van der Waals surface area contributed by atoms with Crippen LogP contribution in [0.2, 0.25) is 5.02 Å². The summed E-state index contributed by atoms with van der Waals surface area (Å²) in [4.78, 5) is 12.3. The van der Waals surface area contributed by atoms with Gasteiger partial charge in [-0.25, -0.2) is 4.39 Å². The lowest BCUT2D eigenvalue weighted by molar-refractivity contribution is -0.127. The van der Waals surface area contributed by atoms with E-state index in [1.807, 2.05) is 42.5 Å². The Bertz CT molecular complexity index is 941. The van der Waals surface area contributed by atoms with Crippen molar-refractivity contribution in [2.45, 2.75) is 18.8 Å². The summed E-state index contributed by atoms with van der Waals surface area (Å²) in [5.41, 5.74) is 0.494. The first-order valence-corrected chi connectivity index (χ1v) is 10.5. The van der Waals surface area contributed by atoms with Crippen molar-refractivity contribution < 1.29 is 13.9 Å². The second kappa shape index (κ2) is 9.80. The molecule has 0 aliphatic heterocycles. The van der Waals surface area contributed by atoms with E-state index in [1.54, 1.807) is 19.1 Å². The van der Waals surface area contributed by atoms with Crippen LogP contribution in [0, 0.1) is 5.82 Å². The SMILES string of the molecule is CC(Oc1cccc2ccccc12)C(=O)NCCSCc1c(F)cccc1Cl. The molecular formula is C22H21ClFNO2S. The zero-order chi connectivity index (χ0) is 19.9. The lowest BCUT2D eigenvalue weighted by Crippen LogP contribution is -2.37. The quantitative estimate of drug-likeness (QED) is 0.495. The number of carbonyl (C=O) groups excluding carboxylic acids is 1. The standard InChI is InChI=1S/C22H21ClFNO2S/c1-15(27-21-11-4-7-16-6-2-3-8-17(16)21)22(26)25-12-13-28-14-18-19(23)9-5-10-20(18)24/h2-11,15H,12-14H2,1H3,(H,25,26). The van der Waals surface area contributed by atoms with Gasteiger partial charge in [0.15, 0.2) is 6.10 Å². The van der Waals surface area contributed by atoms with Gasteiger partial charge < -0.3 is 10.1 Å². The van der Waals surface area contributed by atoms with Crippen LogP contribution in [0.5, 0.6) is 5.75 Å². The van der Waals surface area contributed by atoms with Gasteiger partial charge in [-0.05, 0) is 30.5 Å². The lowest BCUT2D eigenvalue weighted by atomic mass is 10.1. The first-order valence-electron chi connectivity index (χ1n) is 8.99. The molecule has 0 saturated heterocycles. The van der Waals surface area contributed by atoms with Crippen molar-refractivity contribution in [2.75, 3.05) is 12.3 Å². The third kappa shape index (κ3) is 5.18. The molecular weight excluding hydrogens is 397 g/mol. The average Bonchev–Trinajstić information content (AvgIpc) is 2.69. The molecule has 3 rings (SSSR count). The number of hydrogen-bond donors (Lipinski definition) is 1. The highest BCUT2D eigenvalue weighted by Gasteiger charge is 2.15. The number of rotatable bonds is 8.